The summed E-state index contributed by atoms with van der Waals surface area (Å²) in [6.07, 6.45) is 2.97. The number of carbonyl (C=O) groups excluding carboxylic acids is 1. The second-order valence-electron chi connectivity index (χ2n) is 8.33. The Labute approximate surface area is 191 Å². The van der Waals surface area contributed by atoms with Crippen LogP contribution in [0.3, 0.4) is 0 Å². The minimum absolute atomic E-state index is 0.110. The van der Waals surface area contributed by atoms with E-state index in [9.17, 15) is 10.1 Å². The van der Waals surface area contributed by atoms with Crippen LogP contribution in [0.5, 0.6) is 5.95 Å². The third kappa shape index (κ3) is 4.49. The molecule has 2 aromatic heterocycles. The number of aromatic nitrogens is 1. The standard InChI is InChI=1S/C25H25N5O3/c26-15-19-16-28-22-5-3-17(12-21(19)22)2-1-7-29-8-10-30(11-9-29)20-4-6-23-18(13-20)14-24(32-23)33-25(27)31/h3-6,12-14,16,28H,1-2,7-11H2,(H2,27,31). The van der Waals surface area contributed by atoms with Crippen molar-refractivity contribution in [2.45, 2.75) is 12.8 Å². The number of rotatable bonds is 6. The van der Waals surface area contributed by atoms with Gasteiger partial charge in [0.2, 0.25) is 0 Å². The van der Waals surface area contributed by atoms with Gasteiger partial charge in [-0.15, -0.1) is 0 Å². The average molecular weight is 444 g/mol. The summed E-state index contributed by atoms with van der Waals surface area (Å²) >= 11 is 0. The number of amides is 1. The number of nitriles is 1. The number of fused-ring (bicyclic) bond motifs is 2. The van der Waals surface area contributed by atoms with E-state index in [0.717, 1.165) is 67.5 Å². The predicted molar refractivity (Wildman–Crippen MR) is 126 cm³/mol. The molecule has 1 amide bonds. The van der Waals surface area contributed by atoms with E-state index in [4.69, 9.17) is 14.9 Å². The maximum Gasteiger partial charge on any atom is 0.412 e. The summed E-state index contributed by atoms with van der Waals surface area (Å²) in [6.45, 7) is 4.98. The smallest absolute Gasteiger partial charge is 0.412 e. The molecule has 4 aromatic rings. The van der Waals surface area contributed by atoms with Gasteiger partial charge in [-0.25, -0.2) is 4.79 Å². The number of nitrogens with two attached hydrogens (primary N) is 1. The number of carbonyl (C=O) groups is 1. The zero-order valence-corrected chi connectivity index (χ0v) is 18.2. The first-order valence-electron chi connectivity index (χ1n) is 11.1. The van der Waals surface area contributed by atoms with E-state index >= 15 is 0 Å². The van der Waals surface area contributed by atoms with Gasteiger partial charge in [0.05, 0.1) is 5.56 Å². The van der Waals surface area contributed by atoms with E-state index in [1.165, 1.54) is 5.56 Å². The van der Waals surface area contributed by atoms with Crippen molar-refractivity contribution in [1.29, 1.82) is 5.26 Å². The maximum atomic E-state index is 10.9. The first-order chi connectivity index (χ1) is 16.1. The number of benzene rings is 2. The second-order valence-corrected chi connectivity index (χ2v) is 8.33. The van der Waals surface area contributed by atoms with Gasteiger partial charge in [0.25, 0.3) is 5.95 Å². The number of nitrogens with one attached hydrogen (secondary N) is 1. The molecule has 0 bridgehead atoms. The Bertz CT molecular complexity index is 1340. The Morgan fingerprint density at radius 3 is 2.79 bits per heavy atom. The summed E-state index contributed by atoms with van der Waals surface area (Å²) in [4.78, 5) is 18.9. The molecule has 0 saturated carbocycles. The summed E-state index contributed by atoms with van der Waals surface area (Å²) in [6, 6.07) is 16.2. The second kappa shape index (κ2) is 8.88. The molecule has 2 aromatic carbocycles. The molecule has 3 N–H and O–H groups in total. The van der Waals surface area contributed by atoms with Crippen LogP contribution >= 0.6 is 0 Å². The Morgan fingerprint density at radius 2 is 2.00 bits per heavy atom. The van der Waals surface area contributed by atoms with Crippen LogP contribution in [0.25, 0.3) is 21.9 Å². The molecule has 1 fully saturated rings. The highest BCUT2D eigenvalue weighted by Crippen LogP contribution is 2.29. The summed E-state index contributed by atoms with van der Waals surface area (Å²) in [7, 11) is 0. The summed E-state index contributed by atoms with van der Waals surface area (Å²) in [5.41, 5.74) is 9.82. The van der Waals surface area contributed by atoms with E-state index in [1.807, 2.05) is 12.1 Å². The van der Waals surface area contributed by atoms with Crippen molar-refractivity contribution in [3.05, 3.63) is 59.8 Å². The molecular weight excluding hydrogens is 418 g/mol. The van der Waals surface area contributed by atoms with Crippen molar-refractivity contribution in [2.24, 2.45) is 5.73 Å². The van der Waals surface area contributed by atoms with Crippen molar-refractivity contribution in [3.63, 3.8) is 0 Å². The topological polar surface area (TPSA) is 112 Å². The maximum absolute atomic E-state index is 10.9. The molecule has 1 aliphatic heterocycles. The number of aryl methyl sites for hydroxylation is 1. The van der Waals surface area contributed by atoms with Crippen molar-refractivity contribution in [1.82, 2.24) is 9.88 Å². The number of aromatic amines is 1. The van der Waals surface area contributed by atoms with E-state index < -0.39 is 6.09 Å². The van der Waals surface area contributed by atoms with Crippen molar-refractivity contribution < 1.29 is 13.9 Å². The van der Waals surface area contributed by atoms with E-state index in [2.05, 4.69) is 45.1 Å². The van der Waals surface area contributed by atoms with Crippen LogP contribution < -0.4 is 15.4 Å². The minimum Gasteiger partial charge on any atom is -0.425 e. The number of H-pyrrole nitrogens is 1. The number of primary amides is 1. The molecule has 33 heavy (non-hydrogen) atoms. The van der Waals surface area contributed by atoms with E-state index in [1.54, 1.807) is 12.3 Å². The van der Waals surface area contributed by atoms with Crippen molar-refractivity contribution in [3.8, 4) is 12.0 Å². The lowest BCUT2D eigenvalue weighted by atomic mass is 10.1. The Morgan fingerprint density at radius 1 is 1.15 bits per heavy atom. The summed E-state index contributed by atoms with van der Waals surface area (Å²) in [5, 5.41) is 11.1. The van der Waals surface area contributed by atoms with Gasteiger partial charge < -0.3 is 24.8 Å². The molecule has 8 heteroatoms. The summed E-state index contributed by atoms with van der Waals surface area (Å²) in [5.74, 6) is 0.110. The molecule has 3 heterocycles. The Hall–Kier alpha value is -3.96. The minimum atomic E-state index is -0.887. The lowest BCUT2D eigenvalue weighted by molar-refractivity contribution is 0.199. The van der Waals surface area contributed by atoms with E-state index in [0.29, 0.717) is 11.1 Å². The van der Waals surface area contributed by atoms with Gasteiger partial charge in [-0.1, -0.05) is 6.07 Å². The highest BCUT2D eigenvalue weighted by molar-refractivity contribution is 5.86. The molecule has 0 radical (unpaired) electrons. The van der Waals surface area contributed by atoms with E-state index in [-0.39, 0.29) is 5.95 Å². The van der Waals surface area contributed by atoms with Gasteiger partial charge in [0, 0.05) is 60.4 Å². The highest BCUT2D eigenvalue weighted by Gasteiger charge is 2.18. The lowest BCUT2D eigenvalue weighted by Gasteiger charge is -2.36. The molecule has 0 aliphatic carbocycles. The van der Waals surface area contributed by atoms with Gasteiger partial charge >= 0.3 is 6.09 Å². The number of ether oxygens (including phenoxy) is 1. The van der Waals surface area contributed by atoms with Crippen LogP contribution in [0.15, 0.2) is 53.1 Å². The number of furan rings is 1. The first kappa shape index (κ1) is 20.9. The predicted octanol–water partition coefficient (Wildman–Crippen LogP) is 4.00. The fraction of sp³-hybridized carbons (Fsp3) is 0.280. The number of hydrogen-bond acceptors (Lipinski definition) is 6. The monoisotopic (exact) mass is 443 g/mol. The SMILES string of the molecule is N#Cc1c[nH]c2ccc(CCCN3CCN(c4ccc5oc(OC(N)=O)cc5c4)CC3)cc12. The Balaban J connectivity index is 1.14. The van der Waals surface area contributed by atoms with Crippen molar-refractivity contribution >= 4 is 33.7 Å². The number of piperazine rings is 1. The molecule has 5 rings (SSSR count). The van der Waals surface area contributed by atoms with Gasteiger partial charge in [-0.05, 0) is 55.3 Å². The van der Waals surface area contributed by atoms with Crippen LogP contribution in [0.4, 0.5) is 10.5 Å². The molecule has 0 unspecified atom stereocenters. The number of nitrogens with zero attached hydrogens (tertiary/aromatic N) is 3. The van der Waals surface area contributed by atoms with Crippen molar-refractivity contribution in [2.75, 3.05) is 37.6 Å². The first-order valence-corrected chi connectivity index (χ1v) is 11.1. The molecule has 8 nitrogen and oxygen atoms in total. The molecule has 1 saturated heterocycles. The fourth-order valence-electron chi connectivity index (χ4n) is 4.50. The normalized spacial score (nSPS) is 14.6. The number of hydrogen-bond donors (Lipinski definition) is 2. The average Bonchev–Trinajstić information content (AvgIpc) is 3.41. The fourth-order valence-corrected chi connectivity index (χ4v) is 4.50. The van der Waals surface area contributed by atoms with Gasteiger partial charge in [-0.3, -0.25) is 4.90 Å². The molecule has 168 valence electrons. The largest absolute Gasteiger partial charge is 0.425 e. The quantitative estimate of drug-likeness (QED) is 0.466. The highest BCUT2D eigenvalue weighted by atomic mass is 16.6. The summed E-state index contributed by atoms with van der Waals surface area (Å²) < 4.78 is 10.3. The Kier molecular flexibility index (Phi) is 5.63. The van der Waals surface area contributed by atoms with Crippen LogP contribution in [0.2, 0.25) is 0 Å². The zero-order chi connectivity index (χ0) is 22.8. The number of anilines is 1. The van der Waals surface area contributed by atoms with Gasteiger partial charge in [0.15, 0.2) is 0 Å². The third-order valence-corrected chi connectivity index (χ3v) is 6.22. The molecule has 1 aliphatic rings. The van der Waals surface area contributed by atoms with Crippen LogP contribution in [0, 0.1) is 11.3 Å². The molecule has 0 atom stereocenters. The third-order valence-electron chi connectivity index (χ3n) is 6.22. The zero-order valence-electron chi connectivity index (χ0n) is 18.2. The van der Waals surface area contributed by atoms with Crippen LogP contribution in [0.1, 0.15) is 17.5 Å². The molecule has 0 spiro atoms. The van der Waals surface area contributed by atoms with Crippen LogP contribution in [-0.2, 0) is 6.42 Å². The van der Waals surface area contributed by atoms with Gasteiger partial charge in [0.1, 0.15) is 11.7 Å². The van der Waals surface area contributed by atoms with Gasteiger partial charge in [-0.2, -0.15) is 5.26 Å². The lowest BCUT2D eigenvalue weighted by Crippen LogP contribution is -2.46. The molecular formula is C25H25N5O3. The van der Waals surface area contributed by atoms with Crippen LogP contribution in [-0.4, -0.2) is 48.7 Å².